The van der Waals surface area contributed by atoms with E-state index in [0.29, 0.717) is 36.0 Å². The van der Waals surface area contributed by atoms with Crippen molar-refractivity contribution in [1.82, 2.24) is 14.8 Å². The minimum absolute atomic E-state index is 0.159. The van der Waals surface area contributed by atoms with Gasteiger partial charge >= 0.3 is 5.97 Å². The third kappa shape index (κ3) is 5.24. The van der Waals surface area contributed by atoms with Gasteiger partial charge in [0, 0.05) is 13.0 Å². The molecule has 9 nitrogen and oxygen atoms in total. The molecule has 0 unspecified atom stereocenters. The molecule has 0 saturated carbocycles. The lowest BCUT2D eigenvalue weighted by atomic mass is 10.0. The van der Waals surface area contributed by atoms with Crippen molar-refractivity contribution in [3.05, 3.63) is 70.4 Å². The molecule has 3 aromatic rings. The van der Waals surface area contributed by atoms with Crippen molar-refractivity contribution < 1.29 is 23.5 Å². The predicted molar refractivity (Wildman–Crippen MR) is 130 cm³/mol. The van der Waals surface area contributed by atoms with E-state index in [1.54, 1.807) is 37.1 Å². The normalized spacial score (nSPS) is 15.4. The molecule has 0 spiro atoms. The van der Waals surface area contributed by atoms with Gasteiger partial charge in [-0.15, -0.1) is 0 Å². The Bertz CT molecular complexity index is 1230. The molecule has 1 aliphatic rings. The number of amides is 1. The van der Waals surface area contributed by atoms with Crippen molar-refractivity contribution >= 4 is 29.2 Å². The molecule has 184 valence electrons. The molecule has 3 heterocycles. The zero-order valence-corrected chi connectivity index (χ0v) is 20.8. The number of aryl methyl sites for hydroxylation is 1. The molecule has 10 heteroatoms. The summed E-state index contributed by atoms with van der Waals surface area (Å²) in [4.78, 5) is 25.9. The molecule has 0 bridgehead atoms. The first-order chi connectivity index (χ1) is 16.8. The number of nitrogens with zero attached hydrogens (tertiary/aromatic N) is 4. The maximum atomic E-state index is 13.1. The fourth-order valence-electron chi connectivity index (χ4n) is 3.92. The smallest absolute Gasteiger partial charge is 0.343 e. The van der Waals surface area contributed by atoms with E-state index < -0.39 is 24.5 Å². The number of hydrogen-bond donors (Lipinski definition) is 0. The molecule has 0 saturated heterocycles. The molecule has 1 aliphatic heterocycles. The first-order valence-corrected chi connectivity index (χ1v) is 11.6. The summed E-state index contributed by atoms with van der Waals surface area (Å²) < 4.78 is 17.7. The number of hydrazone groups is 1. The minimum atomic E-state index is -0.705. The highest BCUT2D eigenvalue weighted by Gasteiger charge is 2.35. The van der Waals surface area contributed by atoms with Gasteiger partial charge in [-0.3, -0.25) is 9.48 Å². The van der Waals surface area contributed by atoms with Crippen LogP contribution in [0.1, 0.15) is 53.7 Å². The van der Waals surface area contributed by atoms with Gasteiger partial charge in [-0.2, -0.15) is 10.2 Å². The van der Waals surface area contributed by atoms with Crippen molar-refractivity contribution in [2.75, 3.05) is 13.7 Å². The topological polar surface area (TPSA) is 99.2 Å². The number of methoxy groups -OCH3 is 1. The van der Waals surface area contributed by atoms with Crippen LogP contribution in [0.4, 0.5) is 0 Å². The quantitative estimate of drug-likeness (QED) is 0.419. The van der Waals surface area contributed by atoms with Gasteiger partial charge in [0.05, 0.1) is 24.8 Å². The molecule has 35 heavy (non-hydrogen) atoms. The van der Waals surface area contributed by atoms with Gasteiger partial charge in [-0.1, -0.05) is 25.4 Å². The summed E-state index contributed by atoms with van der Waals surface area (Å²) in [5.74, 6) is 0.422. The number of benzene rings is 1. The van der Waals surface area contributed by atoms with Crippen LogP contribution in [0.25, 0.3) is 0 Å². The zero-order chi connectivity index (χ0) is 25.1. The van der Waals surface area contributed by atoms with Crippen molar-refractivity contribution in [1.29, 1.82) is 0 Å². The number of furan rings is 1. The standard InChI is InChI=1S/C25H27ClN4O5/c1-15(2)13-29-24(26)23(16(3)27-29)25(32)35-14-22(31)30-20(21-6-5-11-34-21)12-19(28-30)17-7-9-18(33-4)10-8-17/h5-11,15,20H,12-14H2,1-4H3/t20-/m0/s1. The monoisotopic (exact) mass is 498 g/mol. The second-order valence-electron chi connectivity index (χ2n) is 8.65. The average molecular weight is 499 g/mol. The Balaban J connectivity index is 1.51. The summed E-state index contributed by atoms with van der Waals surface area (Å²) in [5, 5.41) is 10.4. The summed E-state index contributed by atoms with van der Waals surface area (Å²) >= 11 is 6.37. The zero-order valence-electron chi connectivity index (χ0n) is 20.0. The number of halogens is 1. The van der Waals surface area contributed by atoms with Crippen LogP contribution in [-0.4, -0.2) is 46.1 Å². The van der Waals surface area contributed by atoms with Crippen molar-refractivity contribution in [3.63, 3.8) is 0 Å². The Labute approximate surface area is 208 Å². The fourth-order valence-corrected chi connectivity index (χ4v) is 4.24. The van der Waals surface area contributed by atoms with Crippen molar-refractivity contribution in [3.8, 4) is 5.75 Å². The lowest BCUT2D eigenvalue weighted by Gasteiger charge is -2.19. The van der Waals surface area contributed by atoms with Crippen LogP contribution in [0.5, 0.6) is 5.75 Å². The van der Waals surface area contributed by atoms with Crippen molar-refractivity contribution in [2.45, 2.75) is 39.8 Å². The number of carbonyl (C=O) groups is 2. The first-order valence-electron chi connectivity index (χ1n) is 11.3. The molecule has 1 amide bonds. The summed E-state index contributed by atoms with van der Waals surface area (Å²) in [7, 11) is 1.60. The number of ether oxygens (including phenoxy) is 2. The second kappa shape index (κ2) is 10.4. The van der Waals surface area contributed by atoms with Crippen LogP contribution in [0.3, 0.4) is 0 Å². The Morgan fingerprint density at radius 3 is 2.60 bits per heavy atom. The SMILES string of the molecule is COc1ccc(C2=NN(C(=O)COC(=O)c3c(C)nn(CC(C)C)c3Cl)[C@H](c3ccco3)C2)cc1. The Hall–Kier alpha value is -3.59. The van der Waals surface area contributed by atoms with Gasteiger partial charge in [-0.05, 0) is 54.8 Å². The van der Waals surface area contributed by atoms with Gasteiger partial charge in [-0.25, -0.2) is 9.80 Å². The lowest BCUT2D eigenvalue weighted by Crippen LogP contribution is -2.31. The maximum Gasteiger partial charge on any atom is 0.343 e. The van der Waals surface area contributed by atoms with Crippen molar-refractivity contribution in [2.24, 2.45) is 11.0 Å². The highest BCUT2D eigenvalue weighted by molar-refractivity contribution is 6.32. The second-order valence-corrected chi connectivity index (χ2v) is 9.01. The molecule has 4 rings (SSSR count). The summed E-state index contributed by atoms with van der Waals surface area (Å²) in [6.45, 7) is 5.79. The number of esters is 1. The van der Waals surface area contributed by atoms with E-state index in [0.717, 1.165) is 11.3 Å². The Morgan fingerprint density at radius 1 is 1.23 bits per heavy atom. The van der Waals surface area contributed by atoms with Gasteiger partial charge in [0.1, 0.15) is 28.3 Å². The fraction of sp³-hybridized carbons (Fsp3) is 0.360. The summed E-state index contributed by atoms with van der Waals surface area (Å²) in [6, 6.07) is 10.5. The first kappa shape index (κ1) is 24.5. The molecule has 0 fully saturated rings. The third-order valence-electron chi connectivity index (χ3n) is 5.60. The number of rotatable bonds is 8. The molecular weight excluding hydrogens is 472 g/mol. The third-order valence-corrected chi connectivity index (χ3v) is 5.98. The number of carbonyl (C=O) groups excluding carboxylic acids is 2. The van der Waals surface area contributed by atoms with E-state index in [4.69, 9.17) is 25.5 Å². The molecule has 0 aliphatic carbocycles. The van der Waals surface area contributed by atoms with E-state index in [1.807, 2.05) is 38.1 Å². The molecule has 0 N–H and O–H groups in total. The van der Waals surface area contributed by atoms with E-state index in [1.165, 1.54) is 5.01 Å². The number of aromatic nitrogens is 2. The van der Waals surface area contributed by atoms with Gasteiger partial charge in [0.2, 0.25) is 0 Å². The molecule has 1 aromatic carbocycles. The highest BCUT2D eigenvalue weighted by Crippen LogP contribution is 2.33. The molecular formula is C25H27ClN4O5. The van der Waals surface area contributed by atoms with Crippen LogP contribution in [0.15, 0.2) is 52.2 Å². The van der Waals surface area contributed by atoms with E-state index in [-0.39, 0.29) is 10.7 Å². The maximum absolute atomic E-state index is 13.1. The highest BCUT2D eigenvalue weighted by atomic mass is 35.5. The largest absolute Gasteiger partial charge is 0.497 e. The van der Waals surface area contributed by atoms with E-state index in [9.17, 15) is 9.59 Å². The van der Waals surface area contributed by atoms with E-state index in [2.05, 4.69) is 10.2 Å². The average Bonchev–Trinajstić information content (AvgIpc) is 3.57. The number of hydrogen-bond acceptors (Lipinski definition) is 7. The summed E-state index contributed by atoms with van der Waals surface area (Å²) in [5.41, 5.74) is 2.17. The summed E-state index contributed by atoms with van der Waals surface area (Å²) in [6.07, 6.45) is 2.00. The van der Waals surface area contributed by atoms with E-state index >= 15 is 0 Å². The van der Waals surface area contributed by atoms with Gasteiger partial charge in [0.15, 0.2) is 6.61 Å². The van der Waals surface area contributed by atoms with Crippen LogP contribution >= 0.6 is 11.6 Å². The van der Waals surface area contributed by atoms with Crippen LogP contribution in [-0.2, 0) is 16.1 Å². The van der Waals surface area contributed by atoms with Gasteiger partial charge < -0.3 is 13.9 Å². The lowest BCUT2D eigenvalue weighted by molar-refractivity contribution is -0.136. The Morgan fingerprint density at radius 2 is 1.97 bits per heavy atom. The Kier molecular flexibility index (Phi) is 7.25. The van der Waals surface area contributed by atoms with Gasteiger partial charge in [0.25, 0.3) is 5.91 Å². The molecule has 2 aromatic heterocycles. The molecule has 0 radical (unpaired) electrons. The van der Waals surface area contributed by atoms with Crippen LogP contribution < -0.4 is 4.74 Å². The van der Waals surface area contributed by atoms with Crippen LogP contribution in [0, 0.1) is 12.8 Å². The molecule has 1 atom stereocenters. The minimum Gasteiger partial charge on any atom is -0.497 e. The predicted octanol–water partition coefficient (Wildman–Crippen LogP) is 4.64. The van der Waals surface area contributed by atoms with Crippen LogP contribution in [0.2, 0.25) is 5.15 Å².